The number of carbonyl (C=O) groups excluding carboxylic acids is 1. The van der Waals surface area contributed by atoms with Gasteiger partial charge in [-0.05, 0) is 46.6 Å². The van der Waals surface area contributed by atoms with E-state index in [0.29, 0.717) is 0 Å². The normalized spacial score (nSPS) is 20.6. The van der Waals surface area contributed by atoms with Crippen LogP contribution in [0.5, 0.6) is 0 Å². The lowest BCUT2D eigenvalue weighted by Gasteiger charge is -2.36. The Morgan fingerprint density at radius 2 is 1.86 bits per heavy atom. The van der Waals surface area contributed by atoms with Crippen LogP contribution in [0.3, 0.4) is 0 Å². The van der Waals surface area contributed by atoms with Crippen LogP contribution < -0.4 is 0 Å². The van der Waals surface area contributed by atoms with Gasteiger partial charge in [0, 0.05) is 0 Å². The molecule has 1 aliphatic heterocycles. The van der Waals surface area contributed by atoms with Gasteiger partial charge in [-0.2, -0.15) is 13.2 Å². The van der Waals surface area contributed by atoms with Crippen LogP contribution in [-0.4, -0.2) is 47.8 Å². The van der Waals surface area contributed by atoms with Gasteiger partial charge in [-0.3, -0.25) is 4.90 Å². The SMILES string of the molecule is CC(C)(C)OC(=O)N1[C@H](CC(COCc2ccccc2)C(F)(F)F)COC1(C)C. The first-order valence-electron chi connectivity index (χ1n) is 9.64. The number of benzene rings is 1. The average Bonchev–Trinajstić information content (AvgIpc) is 2.87. The van der Waals surface area contributed by atoms with Gasteiger partial charge in [-0.15, -0.1) is 0 Å². The molecule has 1 aromatic carbocycles. The molecule has 0 aromatic heterocycles. The number of hydrogen-bond donors (Lipinski definition) is 0. The summed E-state index contributed by atoms with van der Waals surface area (Å²) >= 11 is 0. The van der Waals surface area contributed by atoms with Crippen molar-refractivity contribution in [2.45, 2.75) is 71.2 Å². The van der Waals surface area contributed by atoms with E-state index in [-0.39, 0.29) is 19.6 Å². The van der Waals surface area contributed by atoms with Gasteiger partial charge in [0.15, 0.2) is 0 Å². The van der Waals surface area contributed by atoms with Crippen LogP contribution in [0.2, 0.25) is 0 Å². The van der Waals surface area contributed by atoms with Crippen molar-refractivity contribution in [3.05, 3.63) is 35.9 Å². The highest BCUT2D eigenvalue weighted by Gasteiger charge is 2.49. The molecule has 1 aliphatic rings. The molecule has 0 aliphatic carbocycles. The number of rotatable bonds is 6. The minimum Gasteiger partial charge on any atom is -0.444 e. The smallest absolute Gasteiger partial charge is 0.412 e. The third-order valence-corrected chi connectivity index (χ3v) is 4.61. The Morgan fingerprint density at radius 1 is 1.24 bits per heavy atom. The molecule has 0 N–H and O–H groups in total. The zero-order valence-corrected chi connectivity index (χ0v) is 17.6. The predicted octanol–water partition coefficient (Wildman–Crippen LogP) is 5.14. The van der Waals surface area contributed by atoms with Crippen molar-refractivity contribution in [1.29, 1.82) is 0 Å². The third-order valence-electron chi connectivity index (χ3n) is 4.61. The summed E-state index contributed by atoms with van der Waals surface area (Å²) in [6.07, 6.45) is -5.46. The minimum absolute atomic E-state index is 0.0114. The molecule has 1 unspecified atom stereocenters. The van der Waals surface area contributed by atoms with Crippen LogP contribution >= 0.6 is 0 Å². The predicted molar refractivity (Wildman–Crippen MR) is 102 cm³/mol. The third kappa shape index (κ3) is 6.89. The number of ether oxygens (including phenoxy) is 3. The van der Waals surface area contributed by atoms with Gasteiger partial charge in [-0.25, -0.2) is 4.79 Å². The summed E-state index contributed by atoms with van der Waals surface area (Å²) < 4.78 is 57.3. The van der Waals surface area contributed by atoms with Crippen LogP contribution in [0.15, 0.2) is 30.3 Å². The minimum atomic E-state index is -4.46. The molecule has 1 amide bonds. The van der Waals surface area contributed by atoms with Crippen molar-refractivity contribution in [2.24, 2.45) is 5.92 Å². The molecule has 8 heteroatoms. The maximum Gasteiger partial charge on any atom is 0.412 e. The fourth-order valence-corrected chi connectivity index (χ4v) is 3.26. The lowest BCUT2D eigenvalue weighted by atomic mass is 9.99. The van der Waals surface area contributed by atoms with Crippen LogP contribution in [0.4, 0.5) is 18.0 Å². The van der Waals surface area contributed by atoms with E-state index in [2.05, 4.69) is 0 Å². The molecule has 1 saturated heterocycles. The summed E-state index contributed by atoms with van der Waals surface area (Å²) in [5.74, 6) is -1.72. The van der Waals surface area contributed by atoms with Gasteiger partial charge in [0.1, 0.15) is 11.3 Å². The Balaban J connectivity index is 2.07. The fraction of sp³-hybridized carbons (Fsp3) is 0.667. The van der Waals surface area contributed by atoms with E-state index in [1.807, 2.05) is 6.07 Å². The molecular formula is C21H30F3NO4. The van der Waals surface area contributed by atoms with Gasteiger partial charge in [0.25, 0.3) is 0 Å². The zero-order valence-electron chi connectivity index (χ0n) is 17.6. The van der Waals surface area contributed by atoms with Crippen molar-refractivity contribution in [3.63, 3.8) is 0 Å². The van der Waals surface area contributed by atoms with E-state index in [1.54, 1.807) is 58.9 Å². The van der Waals surface area contributed by atoms with Gasteiger partial charge in [0.05, 0.1) is 31.8 Å². The van der Waals surface area contributed by atoms with E-state index < -0.39 is 42.2 Å². The highest BCUT2D eigenvalue weighted by molar-refractivity contribution is 5.69. The number of nitrogens with zero attached hydrogens (tertiary/aromatic N) is 1. The number of amides is 1. The van der Waals surface area contributed by atoms with Crippen molar-refractivity contribution in [1.82, 2.24) is 4.90 Å². The molecule has 164 valence electrons. The summed E-state index contributed by atoms with van der Waals surface area (Å²) in [4.78, 5) is 13.9. The number of hydrogen-bond acceptors (Lipinski definition) is 4. The standard InChI is InChI=1S/C21H30F3NO4/c1-19(2,3)29-18(26)25-17(14-28-20(25,4)5)11-16(21(22,23)24)13-27-12-15-9-7-6-8-10-15/h6-10,16-17H,11-14H2,1-5H3/t16?,17-/m1/s1. The van der Waals surface area contributed by atoms with Crippen molar-refractivity contribution in [2.75, 3.05) is 13.2 Å². The van der Waals surface area contributed by atoms with Crippen molar-refractivity contribution >= 4 is 6.09 Å². The van der Waals surface area contributed by atoms with E-state index in [9.17, 15) is 18.0 Å². The Labute approximate surface area is 170 Å². The molecule has 2 atom stereocenters. The first-order chi connectivity index (χ1) is 13.3. The van der Waals surface area contributed by atoms with Crippen molar-refractivity contribution < 1.29 is 32.2 Å². The van der Waals surface area contributed by atoms with E-state index >= 15 is 0 Å². The number of alkyl halides is 3. The van der Waals surface area contributed by atoms with E-state index in [1.165, 1.54) is 4.90 Å². The second kappa shape index (κ2) is 8.92. The van der Waals surface area contributed by atoms with Crippen LogP contribution in [0, 0.1) is 5.92 Å². The largest absolute Gasteiger partial charge is 0.444 e. The second-order valence-corrected chi connectivity index (χ2v) is 8.74. The summed E-state index contributed by atoms with van der Waals surface area (Å²) in [7, 11) is 0. The quantitative estimate of drug-likeness (QED) is 0.643. The molecule has 2 rings (SSSR count). The lowest BCUT2D eigenvalue weighted by molar-refractivity contribution is -0.194. The summed E-state index contributed by atoms with van der Waals surface area (Å²) in [6, 6.07) is 8.26. The summed E-state index contributed by atoms with van der Waals surface area (Å²) in [6.45, 7) is 8.03. The molecule has 1 fully saturated rings. The first-order valence-corrected chi connectivity index (χ1v) is 9.64. The number of carbonyl (C=O) groups is 1. The second-order valence-electron chi connectivity index (χ2n) is 8.74. The summed E-state index contributed by atoms with van der Waals surface area (Å²) in [5.41, 5.74) is -1.01. The molecular weight excluding hydrogens is 387 g/mol. The van der Waals surface area contributed by atoms with Gasteiger partial charge >= 0.3 is 12.3 Å². The molecule has 29 heavy (non-hydrogen) atoms. The molecule has 0 spiro atoms. The van der Waals surface area contributed by atoms with Gasteiger partial charge in [0.2, 0.25) is 0 Å². The first kappa shape index (κ1) is 23.5. The van der Waals surface area contributed by atoms with Crippen LogP contribution in [0.25, 0.3) is 0 Å². The molecule has 1 heterocycles. The fourth-order valence-electron chi connectivity index (χ4n) is 3.26. The Kier molecular flexibility index (Phi) is 7.22. The summed E-state index contributed by atoms with van der Waals surface area (Å²) in [5, 5.41) is 0. The Morgan fingerprint density at radius 3 is 2.41 bits per heavy atom. The van der Waals surface area contributed by atoms with Crippen molar-refractivity contribution in [3.8, 4) is 0 Å². The lowest BCUT2D eigenvalue weighted by Crippen LogP contribution is -2.51. The average molecular weight is 417 g/mol. The highest BCUT2D eigenvalue weighted by Crippen LogP contribution is 2.37. The van der Waals surface area contributed by atoms with E-state index in [4.69, 9.17) is 14.2 Å². The molecule has 1 aromatic rings. The van der Waals surface area contributed by atoms with Crippen LogP contribution in [0.1, 0.15) is 46.6 Å². The topological polar surface area (TPSA) is 48.0 Å². The molecule has 0 bridgehead atoms. The zero-order chi connectivity index (χ0) is 21.9. The molecule has 5 nitrogen and oxygen atoms in total. The highest BCUT2D eigenvalue weighted by atomic mass is 19.4. The maximum atomic E-state index is 13.6. The maximum absolute atomic E-state index is 13.6. The Bertz CT molecular complexity index is 671. The van der Waals surface area contributed by atoms with Gasteiger partial charge < -0.3 is 14.2 Å². The molecule has 0 saturated carbocycles. The number of halogens is 3. The van der Waals surface area contributed by atoms with Crippen LogP contribution in [-0.2, 0) is 20.8 Å². The van der Waals surface area contributed by atoms with Gasteiger partial charge in [-0.1, -0.05) is 30.3 Å². The van der Waals surface area contributed by atoms with E-state index in [0.717, 1.165) is 5.56 Å². The Hall–Kier alpha value is -1.80. The molecule has 0 radical (unpaired) electrons. The monoisotopic (exact) mass is 417 g/mol.